The van der Waals surface area contributed by atoms with E-state index in [1.807, 2.05) is 48.5 Å². The number of fused-ring (bicyclic) bond motifs is 1. The van der Waals surface area contributed by atoms with Crippen molar-refractivity contribution in [2.75, 3.05) is 0 Å². The number of tetrazole rings is 1. The Bertz CT molecular complexity index is 1420. The topological polar surface area (TPSA) is 93.3 Å². The summed E-state index contributed by atoms with van der Waals surface area (Å²) in [5.41, 5.74) is 1.90. The molecule has 0 aliphatic rings. The fourth-order valence-corrected chi connectivity index (χ4v) is 4.44. The summed E-state index contributed by atoms with van der Waals surface area (Å²) in [5, 5.41) is 32.3. The van der Waals surface area contributed by atoms with Crippen LogP contribution in [0.2, 0.25) is 0 Å². The molecule has 2 N–H and O–H groups in total. The van der Waals surface area contributed by atoms with Gasteiger partial charge in [-0.2, -0.15) is 4.80 Å². The first-order chi connectivity index (χ1) is 15.5. The number of ether oxygens (including phenoxy) is 1. The number of nitrogens with zero attached hydrogens (tertiary/aromatic N) is 4. The largest absolute Gasteiger partial charge is 0.508 e. The summed E-state index contributed by atoms with van der Waals surface area (Å²) in [6.07, 6.45) is 3.70. The Morgan fingerprint density at radius 2 is 1.66 bits per heavy atom. The molecule has 0 radical (unpaired) electrons. The zero-order valence-electron chi connectivity index (χ0n) is 17.0. The molecule has 5 rings (SSSR count). The fraction of sp³-hybridized carbons (Fsp3) is 0.0417. The molecule has 0 saturated heterocycles. The van der Waals surface area contributed by atoms with Gasteiger partial charge in [-0.15, -0.1) is 21.5 Å². The van der Waals surface area contributed by atoms with Gasteiger partial charge in [-0.1, -0.05) is 18.2 Å². The lowest BCUT2D eigenvalue weighted by atomic mass is 10.1. The van der Waals surface area contributed by atoms with Gasteiger partial charge in [0.2, 0.25) is 0 Å². The second-order valence-corrected chi connectivity index (χ2v) is 8.18. The normalized spacial score (nSPS) is 11.4. The van der Waals surface area contributed by atoms with Crippen LogP contribution in [0.5, 0.6) is 23.0 Å². The lowest BCUT2D eigenvalue weighted by Gasteiger charge is -2.09. The molecule has 0 unspecified atom stereocenters. The van der Waals surface area contributed by atoms with Crippen molar-refractivity contribution in [1.82, 2.24) is 20.2 Å². The predicted molar refractivity (Wildman–Crippen MR) is 125 cm³/mol. The van der Waals surface area contributed by atoms with Crippen LogP contribution in [0, 0.1) is 0 Å². The minimum atomic E-state index is 0.204. The van der Waals surface area contributed by atoms with E-state index in [2.05, 4.69) is 15.4 Å². The third-order valence-corrected chi connectivity index (χ3v) is 5.99. The molecular weight excluding hydrogens is 424 g/mol. The van der Waals surface area contributed by atoms with E-state index < -0.39 is 0 Å². The number of hydrogen-bond donors (Lipinski definition) is 2. The van der Waals surface area contributed by atoms with E-state index in [0.29, 0.717) is 17.3 Å². The summed E-state index contributed by atoms with van der Waals surface area (Å²) in [6, 6.07) is 19.9. The van der Waals surface area contributed by atoms with Crippen molar-refractivity contribution in [3.63, 3.8) is 0 Å². The maximum atomic E-state index is 9.90. The van der Waals surface area contributed by atoms with Gasteiger partial charge in [0.25, 0.3) is 0 Å². The molecule has 5 aromatic rings. The molecule has 2 aromatic heterocycles. The molecule has 2 heterocycles. The highest BCUT2D eigenvalue weighted by molar-refractivity contribution is 7.22. The van der Waals surface area contributed by atoms with Crippen LogP contribution in [-0.4, -0.2) is 30.4 Å². The van der Waals surface area contributed by atoms with Crippen molar-refractivity contribution in [2.24, 2.45) is 7.05 Å². The molecule has 7 nitrogen and oxygen atoms in total. The van der Waals surface area contributed by atoms with Crippen molar-refractivity contribution in [2.45, 2.75) is 0 Å². The first-order valence-corrected chi connectivity index (χ1v) is 10.6. The molecule has 0 fully saturated rings. The zero-order valence-corrected chi connectivity index (χ0v) is 17.8. The Morgan fingerprint density at radius 1 is 0.906 bits per heavy atom. The smallest absolute Gasteiger partial charge is 0.197 e. The van der Waals surface area contributed by atoms with E-state index in [-0.39, 0.29) is 11.5 Å². The van der Waals surface area contributed by atoms with Gasteiger partial charge in [-0.3, -0.25) is 0 Å². The molecule has 32 heavy (non-hydrogen) atoms. The minimum absolute atomic E-state index is 0.204. The summed E-state index contributed by atoms with van der Waals surface area (Å²) >= 11 is 1.53. The van der Waals surface area contributed by atoms with Crippen LogP contribution >= 0.6 is 11.3 Å². The van der Waals surface area contributed by atoms with Crippen molar-refractivity contribution >= 4 is 33.6 Å². The summed E-state index contributed by atoms with van der Waals surface area (Å²) in [4.78, 5) is 2.33. The number of phenols is 2. The van der Waals surface area contributed by atoms with E-state index >= 15 is 0 Å². The zero-order chi connectivity index (χ0) is 22.1. The first-order valence-electron chi connectivity index (χ1n) is 9.80. The number of aromatic hydroxyl groups is 2. The molecule has 0 aliphatic heterocycles. The molecular formula is C24H18N4O3S. The number of thiophene rings is 1. The van der Waals surface area contributed by atoms with Gasteiger partial charge in [-0.05, 0) is 77.0 Å². The Balaban J connectivity index is 1.47. The number of benzene rings is 3. The summed E-state index contributed by atoms with van der Waals surface area (Å²) < 4.78 is 7.23. The molecule has 3 aromatic carbocycles. The van der Waals surface area contributed by atoms with Gasteiger partial charge in [0, 0.05) is 10.1 Å². The summed E-state index contributed by atoms with van der Waals surface area (Å²) in [6.45, 7) is 0. The predicted octanol–water partition coefficient (Wildman–Crippen LogP) is 5.47. The van der Waals surface area contributed by atoms with Crippen LogP contribution in [0.15, 0.2) is 66.7 Å². The molecule has 8 heteroatoms. The lowest BCUT2D eigenvalue weighted by molar-refractivity contribution is 0.475. The quantitative estimate of drug-likeness (QED) is 0.375. The minimum Gasteiger partial charge on any atom is -0.508 e. The van der Waals surface area contributed by atoms with Crippen LogP contribution in [0.25, 0.3) is 32.7 Å². The highest BCUT2D eigenvalue weighted by atomic mass is 32.1. The van der Waals surface area contributed by atoms with E-state index in [0.717, 1.165) is 26.1 Å². The Hall–Kier alpha value is -4.17. The molecule has 0 atom stereocenters. The van der Waals surface area contributed by atoms with Gasteiger partial charge < -0.3 is 14.9 Å². The molecule has 0 spiro atoms. The molecule has 0 saturated carbocycles. The third-order valence-electron chi connectivity index (χ3n) is 4.81. The third kappa shape index (κ3) is 4.03. The van der Waals surface area contributed by atoms with Crippen LogP contribution in [0.3, 0.4) is 0 Å². The van der Waals surface area contributed by atoms with Crippen molar-refractivity contribution in [1.29, 1.82) is 0 Å². The van der Waals surface area contributed by atoms with Gasteiger partial charge in [0.05, 0.1) is 11.9 Å². The van der Waals surface area contributed by atoms with E-state index in [1.54, 1.807) is 37.4 Å². The van der Waals surface area contributed by atoms with Gasteiger partial charge in [0.1, 0.15) is 17.2 Å². The van der Waals surface area contributed by atoms with Crippen LogP contribution in [0.1, 0.15) is 11.4 Å². The maximum Gasteiger partial charge on any atom is 0.197 e. The van der Waals surface area contributed by atoms with Crippen LogP contribution in [-0.2, 0) is 7.05 Å². The lowest BCUT2D eigenvalue weighted by Crippen LogP contribution is -1.91. The maximum absolute atomic E-state index is 9.90. The standard InChI is InChI=1S/C24H18N4O3S/c1-28-26-22(25-27-28)13-4-15-2-10-19(11-3-15)31-23-20-12-9-18(30)14-21(20)32-24(23)16-5-7-17(29)8-6-16/h2-14,29-30H,1H3. The first kappa shape index (κ1) is 19.8. The van der Waals surface area contributed by atoms with Crippen LogP contribution in [0.4, 0.5) is 0 Å². The van der Waals surface area contributed by atoms with Gasteiger partial charge in [0.15, 0.2) is 11.6 Å². The number of rotatable bonds is 5. The second kappa shape index (κ2) is 8.16. The monoisotopic (exact) mass is 442 g/mol. The molecule has 0 amide bonds. The van der Waals surface area contributed by atoms with Gasteiger partial charge >= 0.3 is 0 Å². The van der Waals surface area contributed by atoms with E-state index in [1.165, 1.54) is 16.1 Å². The number of aryl methyl sites for hydroxylation is 1. The highest BCUT2D eigenvalue weighted by Gasteiger charge is 2.17. The molecule has 158 valence electrons. The average molecular weight is 443 g/mol. The second-order valence-electron chi connectivity index (χ2n) is 7.13. The summed E-state index contributed by atoms with van der Waals surface area (Å²) in [7, 11) is 1.72. The average Bonchev–Trinajstić information content (AvgIpc) is 3.37. The Morgan fingerprint density at radius 3 is 2.38 bits per heavy atom. The van der Waals surface area contributed by atoms with Crippen LogP contribution < -0.4 is 4.74 Å². The fourth-order valence-electron chi connectivity index (χ4n) is 3.27. The van der Waals surface area contributed by atoms with E-state index in [4.69, 9.17) is 4.74 Å². The molecule has 0 bridgehead atoms. The van der Waals surface area contributed by atoms with Gasteiger partial charge in [-0.25, -0.2) is 0 Å². The van der Waals surface area contributed by atoms with Crippen molar-refractivity contribution < 1.29 is 14.9 Å². The van der Waals surface area contributed by atoms with E-state index in [9.17, 15) is 10.2 Å². The number of hydrogen-bond acceptors (Lipinski definition) is 7. The number of phenolic OH excluding ortho intramolecular Hbond substituents is 2. The highest BCUT2D eigenvalue weighted by Crippen LogP contribution is 2.47. The summed E-state index contributed by atoms with van der Waals surface area (Å²) in [5.74, 6) is 2.35. The van der Waals surface area contributed by atoms with Crippen molar-refractivity contribution in [3.8, 4) is 33.4 Å². The number of aromatic nitrogens is 4. The Labute approximate surface area is 187 Å². The molecule has 0 aliphatic carbocycles. The van der Waals surface area contributed by atoms with Crippen molar-refractivity contribution in [3.05, 3.63) is 78.1 Å². The Kier molecular flexibility index (Phi) is 5.04. The SMILES string of the molecule is Cn1nnc(C=Cc2ccc(Oc3c(-c4ccc(O)cc4)sc4cc(O)ccc34)cc2)n1.